The quantitative estimate of drug-likeness (QED) is 0.723. The van der Waals surface area contributed by atoms with Crippen LogP contribution < -0.4 is 5.14 Å². The van der Waals surface area contributed by atoms with Gasteiger partial charge in [-0.2, -0.15) is 5.10 Å². The molecule has 0 saturated carbocycles. The third-order valence-electron chi connectivity index (χ3n) is 3.73. The fourth-order valence-corrected chi connectivity index (χ4v) is 3.02. The van der Waals surface area contributed by atoms with Crippen LogP contribution in [-0.4, -0.2) is 29.3 Å². The van der Waals surface area contributed by atoms with Gasteiger partial charge in [-0.3, -0.25) is 4.68 Å². The standard InChI is InChI=1S/C17H15N3O4S/c18-25(23,24)15-8-6-13(7-9-15)16(17(21)22)20-11-14(10-19-20)12-4-2-1-3-5-12/h1-11,16H,(H,21,22)(H2,18,23,24). The SMILES string of the molecule is NS(=O)(=O)c1ccc(C(C(=O)O)n2cc(-c3ccccc3)cn2)cc1. The smallest absolute Gasteiger partial charge is 0.333 e. The summed E-state index contributed by atoms with van der Waals surface area (Å²) >= 11 is 0. The lowest BCUT2D eigenvalue weighted by Crippen LogP contribution is -2.21. The Balaban J connectivity index is 1.97. The molecular formula is C17H15N3O4S. The number of primary sulfonamides is 1. The summed E-state index contributed by atoms with van der Waals surface area (Å²) in [6.07, 6.45) is 3.23. The number of hydrogen-bond donors (Lipinski definition) is 2. The van der Waals surface area contributed by atoms with E-state index in [4.69, 9.17) is 5.14 Å². The lowest BCUT2D eigenvalue weighted by molar-refractivity contribution is -0.139. The van der Waals surface area contributed by atoms with Crippen LogP contribution in [0.5, 0.6) is 0 Å². The van der Waals surface area contributed by atoms with Crippen LogP contribution in [0.2, 0.25) is 0 Å². The van der Waals surface area contributed by atoms with E-state index in [1.807, 2.05) is 30.3 Å². The Morgan fingerprint density at radius 2 is 1.68 bits per heavy atom. The molecule has 3 N–H and O–H groups in total. The summed E-state index contributed by atoms with van der Waals surface area (Å²) in [6.45, 7) is 0. The van der Waals surface area contributed by atoms with Crippen molar-refractivity contribution in [2.75, 3.05) is 0 Å². The Hall–Kier alpha value is -2.97. The number of carboxylic acids is 1. The predicted octanol–water partition coefficient (Wildman–Crippen LogP) is 1.87. The number of nitrogens with zero attached hydrogens (tertiary/aromatic N) is 2. The molecule has 0 aliphatic rings. The van der Waals surface area contributed by atoms with E-state index in [2.05, 4.69) is 5.10 Å². The normalized spacial score (nSPS) is 12.7. The first-order valence-corrected chi connectivity index (χ1v) is 8.86. The number of aromatic nitrogens is 2. The average molecular weight is 357 g/mol. The number of rotatable bonds is 5. The molecule has 0 amide bonds. The lowest BCUT2D eigenvalue weighted by atomic mass is 10.1. The Bertz CT molecular complexity index is 996. The molecule has 128 valence electrons. The monoisotopic (exact) mass is 357 g/mol. The van der Waals surface area contributed by atoms with Crippen molar-refractivity contribution in [2.45, 2.75) is 10.9 Å². The van der Waals surface area contributed by atoms with E-state index in [1.54, 1.807) is 12.4 Å². The second-order valence-corrected chi connectivity index (χ2v) is 6.99. The van der Waals surface area contributed by atoms with Gasteiger partial charge in [-0.15, -0.1) is 0 Å². The highest BCUT2D eigenvalue weighted by atomic mass is 32.2. The maximum atomic E-state index is 11.7. The number of aliphatic carboxylic acids is 1. The summed E-state index contributed by atoms with van der Waals surface area (Å²) in [4.78, 5) is 11.6. The highest BCUT2D eigenvalue weighted by Gasteiger charge is 2.23. The van der Waals surface area contributed by atoms with E-state index < -0.39 is 22.0 Å². The molecule has 3 aromatic rings. The molecule has 2 aromatic carbocycles. The van der Waals surface area contributed by atoms with Gasteiger partial charge in [0.2, 0.25) is 10.0 Å². The molecule has 1 heterocycles. The molecular weight excluding hydrogens is 342 g/mol. The number of carboxylic acid groups (broad SMARTS) is 1. The average Bonchev–Trinajstić information content (AvgIpc) is 3.05. The molecule has 0 aliphatic carbocycles. The van der Waals surface area contributed by atoms with Crippen molar-refractivity contribution in [1.29, 1.82) is 0 Å². The van der Waals surface area contributed by atoms with Crippen LogP contribution in [-0.2, 0) is 14.8 Å². The minimum Gasteiger partial charge on any atom is -0.479 e. The van der Waals surface area contributed by atoms with E-state index in [9.17, 15) is 18.3 Å². The summed E-state index contributed by atoms with van der Waals surface area (Å²) in [5.74, 6) is -1.11. The molecule has 0 fully saturated rings. The topological polar surface area (TPSA) is 115 Å². The molecule has 1 unspecified atom stereocenters. The molecule has 0 bridgehead atoms. The minimum absolute atomic E-state index is 0.0779. The van der Waals surface area contributed by atoms with Crippen LogP contribution in [0.1, 0.15) is 11.6 Å². The lowest BCUT2D eigenvalue weighted by Gasteiger charge is -2.13. The fraction of sp³-hybridized carbons (Fsp3) is 0.0588. The first-order valence-electron chi connectivity index (χ1n) is 7.31. The maximum Gasteiger partial charge on any atom is 0.333 e. The van der Waals surface area contributed by atoms with E-state index >= 15 is 0 Å². The number of sulfonamides is 1. The van der Waals surface area contributed by atoms with Gasteiger partial charge in [-0.1, -0.05) is 42.5 Å². The molecule has 0 spiro atoms. The molecule has 3 rings (SSSR count). The van der Waals surface area contributed by atoms with Gasteiger partial charge in [0.05, 0.1) is 11.1 Å². The van der Waals surface area contributed by atoms with Crippen molar-refractivity contribution in [1.82, 2.24) is 9.78 Å². The number of benzene rings is 2. The van der Waals surface area contributed by atoms with E-state index in [-0.39, 0.29) is 4.90 Å². The van der Waals surface area contributed by atoms with E-state index in [0.717, 1.165) is 11.1 Å². The molecule has 25 heavy (non-hydrogen) atoms. The molecule has 0 aliphatic heterocycles. The van der Waals surface area contributed by atoms with Crippen molar-refractivity contribution in [3.05, 3.63) is 72.6 Å². The molecule has 8 heteroatoms. The van der Waals surface area contributed by atoms with Crippen LogP contribution in [0.15, 0.2) is 71.9 Å². The first kappa shape index (κ1) is 16.9. The summed E-state index contributed by atoms with van der Waals surface area (Å²) in [5, 5.41) is 18.8. The highest BCUT2D eigenvalue weighted by molar-refractivity contribution is 7.89. The second-order valence-electron chi connectivity index (χ2n) is 5.43. The molecule has 0 radical (unpaired) electrons. The van der Waals surface area contributed by atoms with E-state index in [1.165, 1.54) is 28.9 Å². The summed E-state index contributed by atoms with van der Waals surface area (Å²) in [6, 6.07) is 13.8. The van der Waals surface area contributed by atoms with Crippen molar-refractivity contribution in [3.63, 3.8) is 0 Å². The van der Waals surface area contributed by atoms with Crippen molar-refractivity contribution >= 4 is 16.0 Å². The number of hydrogen-bond acceptors (Lipinski definition) is 4. The van der Waals surface area contributed by atoms with Gasteiger partial charge in [0.15, 0.2) is 6.04 Å². The van der Waals surface area contributed by atoms with Crippen molar-refractivity contribution in [2.24, 2.45) is 5.14 Å². The zero-order chi connectivity index (χ0) is 18.0. The second kappa shape index (κ2) is 6.50. The van der Waals surface area contributed by atoms with Crippen molar-refractivity contribution in [3.8, 4) is 11.1 Å². The molecule has 1 aromatic heterocycles. The van der Waals surface area contributed by atoms with Crippen molar-refractivity contribution < 1.29 is 18.3 Å². The first-order chi connectivity index (χ1) is 11.9. The Labute approximate surface area is 144 Å². The molecule has 0 saturated heterocycles. The third kappa shape index (κ3) is 3.59. The van der Waals surface area contributed by atoms with Gasteiger partial charge in [0, 0.05) is 11.8 Å². The Morgan fingerprint density at radius 1 is 1.04 bits per heavy atom. The van der Waals surface area contributed by atoms with Crippen LogP contribution >= 0.6 is 0 Å². The highest BCUT2D eigenvalue weighted by Crippen LogP contribution is 2.24. The van der Waals surface area contributed by atoms with E-state index in [0.29, 0.717) is 5.56 Å². The van der Waals surface area contributed by atoms with Gasteiger partial charge in [-0.25, -0.2) is 18.4 Å². The Morgan fingerprint density at radius 3 is 2.24 bits per heavy atom. The Kier molecular flexibility index (Phi) is 4.39. The fourth-order valence-electron chi connectivity index (χ4n) is 2.51. The zero-order valence-corrected chi connectivity index (χ0v) is 13.8. The summed E-state index contributed by atoms with van der Waals surface area (Å²) < 4.78 is 24.0. The van der Waals surface area contributed by atoms with Crippen LogP contribution in [0.4, 0.5) is 0 Å². The van der Waals surface area contributed by atoms with Crippen LogP contribution in [0.3, 0.4) is 0 Å². The number of carbonyl (C=O) groups is 1. The van der Waals surface area contributed by atoms with Gasteiger partial charge < -0.3 is 5.11 Å². The van der Waals surface area contributed by atoms with Gasteiger partial charge in [-0.05, 0) is 23.3 Å². The number of nitrogens with two attached hydrogens (primary N) is 1. The minimum atomic E-state index is -3.83. The van der Waals surface area contributed by atoms with Gasteiger partial charge >= 0.3 is 5.97 Å². The molecule has 1 atom stereocenters. The third-order valence-corrected chi connectivity index (χ3v) is 4.66. The molecule has 7 nitrogen and oxygen atoms in total. The largest absolute Gasteiger partial charge is 0.479 e. The zero-order valence-electron chi connectivity index (χ0n) is 13.0. The summed E-state index contributed by atoms with van der Waals surface area (Å²) in [7, 11) is -3.83. The summed E-state index contributed by atoms with van der Waals surface area (Å²) in [5.41, 5.74) is 2.10. The van der Waals surface area contributed by atoms with Crippen LogP contribution in [0, 0.1) is 0 Å². The van der Waals surface area contributed by atoms with Crippen LogP contribution in [0.25, 0.3) is 11.1 Å². The van der Waals surface area contributed by atoms with Gasteiger partial charge in [0.1, 0.15) is 0 Å². The van der Waals surface area contributed by atoms with Gasteiger partial charge in [0.25, 0.3) is 0 Å². The predicted molar refractivity (Wildman–Crippen MR) is 91.3 cm³/mol. The maximum absolute atomic E-state index is 11.7.